The normalized spacial score (nSPS) is 40.9. The maximum Gasteiger partial charge on any atom is 0.402 e. The maximum absolute atomic E-state index is 13.1. The molecule has 5 unspecified atom stereocenters. The third-order valence-electron chi connectivity index (χ3n) is 6.40. The Kier molecular flexibility index (Phi) is 3.66. The van der Waals surface area contributed by atoms with Crippen molar-refractivity contribution in [3.63, 3.8) is 0 Å². The molecule has 0 N–H and O–H groups in total. The van der Waals surface area contributed by atoms with E-state index in [1.54, 1.807) is 6.92 Å². The van der Waals surface area contributed by atoms with Crippen LogP contribution in [0.2, 0.25) is 0 Å². The Hall–Kier alpha value is -0.420. The summed E-state index contributed by atoms with van der Waals surface area (Å²) in [5.41, 5.74) is -4.50. The molecule has 2 bridgehead atoms. The summed E-state index contributed by atoms with van der Waals surface area (Å²) in [6.07, 6.45) is -10.2. The van der Waals surface area contributed by atoms with Crippen molar-refractivity contribution < 1.29 is 26.3 Å². The van der Waals surface area contributed by atoms with E-state index < -0.39 is 29.6 Å². The average Bonchev–Trinajstić information content (AvgIpc) is 2.73. The molecule has 2 rings (SSSR count). The van der Waals surface area contributed by atoms with Gasteiger partial charge in [0.2, 0.25) is 0 Å². The van der Waals surface area contributed by atoms with Gasteiger partial charge in [-0.3, -0.25) is 0 Å². The second-order valence-electron chi connectivity index (χ2n) is 7.68. The molecule has 2 aliphatic carbocycles. The summed E-state index contributed by atoms with van der Waals surface area (Å²) in [6, 6.07) is 0. The summed E-state index contributed by atoms with van der Waals surface area (Å²) in [5.74, 6) is 0.813. The molecule has 124 valence electrons. The van der Waals surface area contributed by atoms with Crippen LogP contribution in [0, 0.1) is 34.5 Å². The quantitative estimate of drug-likeness (QED) is 0.563. The highest BCUT2D eigenvalue weighted by Gasteiger charge is 2.70. The molecule has 0 amide bonds. The molecule has 0 spiro atoms. The minimum Gasteiger partial charge on any atom is -0.170 e. The van der Waals surface area contributed by atoms with Crippen LogP contribution in [-0.4, -0.2) is 12.4 Å². The molecule has 0 aromatic rings. The molecule has 2 aliphatic rings. The number of halogens is 6. The highest BCUT2D eigenvalue weighted by atomic mass is 19.4. The summed E-state index contributed by atoms with van der Waals surface area (Å²) in [7, 11) is 0. The van der Waals surface area contributed by atoms with Gasteiger partial charge < -0.3 is 0 Å². The van der Waals surface area contributed by atoms with Gasteiger partial charge in [-0.1, -0.05) is 20.8 Å². The summed E-state index contributed by atoms with van der Waals surface area (Å²) in [4.78, 5) is 0. The predicted molar refractivity (Wildman–Crippen MR) is 67.5 cm³/mol. The summed E-state index contributed by atoms with van der Waals surface area (Å²) in [5, 5.41) is 0. The summed E-state index contributed by atoms with van der Waals surface area (Å²) < 4.78 is 78.7. The summed E-state index contributed by atoms with van der Waals surface area (Å²) in [6.45, 7) is 5.96. The van der Waals surface area contributed by atoms with Crippen LogP contribution in [0.5, 0.6) is 0 Å². The lowest BCUT2D eigenvalue weighted by Crippen LogP contribution is -2.52. The van der Waals surface area contributed by atoms with Crippen molar-refractivity contribution in [3.8, 4) is 0 Å². The number of rotatable bonds is 2. The predicted octanol–water partition coefficient (Wildman–Crippen LogP) is 5.83. The van der Waals surface area contributed by atoms with Crippen molar-refractivity contribution in [2.24, 2.45) is 34.5 Å². The van der Waals surface area contributed by atoms with Gasteiger partial charge in [-0.2, -0.15) is 26.3 Å². The van der Waals surface area contributed by atoms with E-state index in [4.69, 9.17) is 0 Å². The number of alkyl halides is 6. The van der Waals surface area contributed by atoms with E-state index in [1.165, 1.54) is 0 Å². The molecule has 0 aromatic carbocycles. The first-order valence-corrected chi connectivity index (χ1v) is 7.36. The van der Waals surface area contributed by atoms with E-state index >= 15 is 0 Å². The molecular formula is C15H22F6. The van der Waals surface area contributed by atoms with Crippen molar-refractivity contribution in [1.82, 2.24) is 0 Å². The topological polar surface area (TPSA) is 0 Å². The van der Waals surface area contributed by atoms with Gasteiger partial charge in [0.15, 0.2) is 5.41 Å². The minimum absolute atomic E-state index is 0.0403. The molecular weight excluding hydrogens is 294 g/mol. The van der Waals surface area contributed by atoms with E-state index in [-0.39, 0.29) is 17.8 Å². The van der Waals surface area contributed by atoms with E-state index in [1.807, 2.05) is 6.92 Å². The Labute approximate surface area is 121 Å². The molecule has 0 heterocycles. The van der Waals surface area contributed by atoms with Crippen molar-refractivity contribution in [2.45, 2.75) is 59.3 Å². The molecule has 2 fully saturated rings. The van der Waals surface area contributed by atoms with Crippen LogP contribution in [-0.2, 0) is 0 Å². The highest BCUT2D eigenvalue weighted by Crippen LogP contribution is 2.67. The van der Waals surface area contributed by atoms with E-state index in [2.05, 4.69) is 6.92 Å². The van der Waals surface area contributed by atoms with Crippen LogP contribution in [0.15, 0.2) is 0 Å². The molecule has 0 saturated heterocycles. The average molecular weight is 316 g/mol. The van der Waals surface area contributed by atoms with Gasteiger partial charge in [0.05, 0.1) is 0 Å². The first kappa shape index (κ1) is 16.9. The van der Waals surface area contributed by atoms with Crippen LogP contribution < -0.4 is 0 Å². The third kappa shape index (κ3) is 2.37. The van der Waals surface area contributed by atoms with Crippen molar-refractivity contribution >= 4 is 0 Å². The Bertz CT molecular complexity index is 393. The lowest BCUT2D eigenvalue weighted by atomic mass is 9.60. The highest BCUT2D eigenvalue weighted by molar-refractivity contribution is 5.07. The Morgan fingerprint density at radius 1 is 0.952 bits per heavy atom. The number of hydrogen-bond donors (Lipinski definition) is 0. The third-order valence-corrected chi connectivity index (χ3v) is 6.40. The van der Waals surface area contributed by atoms with Crippen LogP contribution in [0.25, 0.3) is 0 Å². The van der Waals surface area contributed by atoms with E-state index in [0.717, 1.165) is 6.42 Å². The zero-order valence-electron chi connectivity index (χ0n) is 12.7. The lowest BCUT2D eigenvalue weighted by Gasteiger charge is -2.46. The molecule has 2 saturated carbocycles. The molecule has 21 heavy (non-hydrogen) atoms. The maximum atomic E-state index is 13.1. The standard InChI is InChI=1S/C15H22F6/c1-8-9(2)11-5-10(8)6-12(11,3)7-13(4,14(16,17)18)15(19,20)21/h8-11H,5-7H2,1-4H3. The SMILES string of the molecule is CC1C2CC(C1C)C(C)(CC(C)(C(F)(F)F)C(F)(F)F)C2. The first-order valence-electron chi connectivity index (χ1n) is 7.36. The van der Waals surface area contributed by atoms with E-state index in [9.17, 15) is 26.3 Å². The number of hydrogen-bond acceptors (Lipinski definition) is 0. The van der Waals surface area contributed by atoms with Gasteiger partial charge in [0, 0.05) is 0 Å². The smallest absolute Gasteiger partial charge is 0.170 e. The van der Waals surface area contributed by atoms with Gasteiger partial charge in [-0.25, -0.2) is 0 Å². The monoisotopic (exact) mass is 316 g/mol. The van der Waals surface area contributed by atoms with Crippen LogP contribution in [0.4, 0.5) is 26.3 Å². The van der Waals surface area contributed by atoms with Crippen molar-refractivity contribution in [1.29, 1.82) is 0 Å². The Morgan fingerprint density at radius 2 is 1.43 bits per heavy atom. The largest absolute Gasteiger partial charge is 0.402 e. The molecule has 0 aromatic heterocycles. The lowest BCUT2D eigenvalue weighted by molar-refractivity contribution is -0.344. The van der Waals surface area contributed by atoms with Gasteiger partial charge in [-0.05, 0) is 55.3 Å². The molecule has 5 atom stereocenters. The van der Waals surface area contributed by atoms with Gasteiger partial charge in [-0.15, -0.1) is 0 Å². The number of fused-ring (bicyclic) bond motifs is 2. The van der Waals surface area contributed by atoms with E-state index in [0.29, 0.717) is 19.3 Å². The minimum atomic E-state index is -5.27. The molecule has 0 aliphatic heterocycles. The first-order chi connectivity index (χ1) is 9.23. The van der Waals surface area contributed by atoms with Crippen LogP contribution in [0.3, 0.4) is 0 Å². The van der Waals surface area contributed by atoms with Gasteiger partial charge >= 0.3 is 12.4 Å². The summed E-state index contributed by atoms with van der Waals surface area (Å²) >= 11 is 0. The second kappa shape index (κ2) is 4.54. The fourth-order valence-corrected chi connectivity index (χ4v) is 4.86. The fraction of sp³-hybridized carbons (Fsp3) is 1.00. The van der Waals surface area contributed by atoms with Crippen LogP contribution in [0.1, 0.15) is 47.0 Å². The Balaban J connectivity index is 2.31. The van der Waals surface area contributed by atoms with Crippen LogP contribution >= 0.6 is 0 Å². The Morgan fingerprint density at radius 3 is 1.76 bits per heavy atom. The second-order valence-corrected chi connectivity index (χ2v) is 7.68. The van der Waals surface area contributed by atoms with Crippen molar-refractivity contribution in [3.05, 3.63) is 0 Å². The van der Waals surface area contributed by atoms with Gasteiger partial charge in [0.25, 0.3) is 0 Å². The fourth-order valence-electron chi connectivity index (χ4n) is 4.86. The molecule has 6 heteroatoms. The van der Waals surface area contributed by atoms with Crippen molar-refractivity contribution in [2.75, 3.05) is 0 Å². The zero-order valence-corrected chi connectivity index (χ0v) is 12.7. The molecule has 0 radical (unpaired) electrons. The zero-order chi connectivity index (χ0) is 16.4. The molecule has 0 nitrogen and oxygen atoms in total. The van der Waals surface area contributed by atoms with Gasteiger partial charge in [0.1, 0.15) is 0 Å².